The second kappa shape index (κ2) is 7.15. The van der Waals surface area contributed by atoms with Crippen LogP contribution in [-0.2, 0) is 4.74 Å². The Balaban J connectivity index is 1.61. The zero-order valence-electron chi connectivity index (χ0n) is 15.4. The third-order valence-electron chi connectivity index (χ3n) is 5.24. The molecule has 7 heteroatoms. The zero-order valence-corrected chi connectivity index (χ0v) is 15.4. The number of ether oxygens (including phenoxy) is 1. The van der Waals surface area contributed by atoms with Gasteiger partial charge < -0.3 is 20.8 Å². The second-order valence-electron chi connectivity index (χ2n) is 7.37. The summed E-state index contributed by atoms with van der Waals surface area (Å²) in [5.74, 6) is 0.521. The number of rotatable bonds is 5. The second-order valence-corrected chi connectivity index (χ2v) is 7.37. The number of carbonyl (C=O) groups is 2. The first kappa shape index (κ1) is 17.7. The first-order valence-corrected chi connectivity index (χ1v) is 9.42. The summed E-state index contributed by atoms with van der Waals surface area (Å²) in [7, 11) is 0. The van der Waals surface area contributed by atoms with Gasteiger partial charge in [-0.15, -0.1) is 0 Å². The van der Waals surface area contributed by atoms with E-state index in [9.17, 15) is 9.59 Å². The first-order chi connectivity index (χ1) is 13.0. The highest BCUT2D eigenvalue weighted by atomic mass is 16.5. The minimum absolute atomic E-state index is 0.0187. The molecule has 2 aliphatic rings. The average molecular weight is 368 g/mol. The predicted octanol–water partition coefficient (Wildman–Crippen LogP) is 2.47. The van der Waals surface area contributed by atoms with Crippen molar-refractivity contribution in [2.45, 2.75) is 38.6 Å². The number of aryl methyl sites for hydroxylation is 1. The number of aromatic nitrogens is 2. The Labute approximate surface area is 157 Å². The Kier molecular flexibility index (Phi) is 4.70. The lowest BCUT2D eigenvalue weighted by atomic mass is 9.93. The maximum Gasteiger partial charge on any atom is 0.251 e. The van der Waals surface area contributed by atoms with Crippen LogP contribution in [0.15, 0.2) is 18.2 Å². The van der Waals surface area contributed by atoms with E-state index in [0.717, 1.165) is 24.0 Å². The van der Waals surface area contributed by atoms with Crippen LogP contribution in [-0.4, -0.2) is 40.9 Å². The lowest BCUT2D eigenvalue weighted by Crippen LogP contribution is -2.25. The number of anilines is 1. The number of aromatic amines is 1. The molecule has 7 nitrogen and oxygen atoms in total. The van der Waals surface area contributed by atoms with Gasteiger partial charge in [0.15, 0.2) is 11.6 Å². The largest absolute Gasteiger partial charge is 0.382 e. The van der Waals surface area contributed by atoms with Gasteiger partial charge in [-0.1, -0.05) is 6.07 Å². The number of ketones is 1. The number of hydrogen-bond acceptors (Lipinski definition) is 5. The fraction of sp³-hybridized carbons (Fsp3) is 0.450. The maximum absolute atomic E-state index is 12.8. The summed E-state index contributed by atoms with van der Waals surface area (Å²) < 4.78 is 5.33. The first-order valence-electron chi connectivity index (χ1n) is 9.42. The van der Waals surface area contributed by atoms with Crippen LogP contribution in [0.4, 0.5) is 5.82 Å². The van der Waals surface area contributed by atoms with E-state index in [0.29, 0.717) is 49.2 Å². The zero-order chi connectivity index (χ0) is 19.0. The van der Waals surface area contributed by atoms with Crippen LogP contribution >= 0.6 is 0 Å². The summed E-state index contributed by atoms with van der Waals surface area (Å²) >= 11 is 0. The van der Waals surface area contributed by atoms with Gasteiger partial charge in [0, 0.05) is 36.3 Å². The van der Waals surface area contributed by atoms with E-state index in [1.54, 1.807) is 12.1 Å². The Hall–Kier alpha value is -2.67. The number of hydrogen-bond donors (Lipinski definition) is 3. The summed E-state index contributed by atoms with van der Waals surface area (Å²) in [6.45, 7) is 3.12. The number of imidazole rings is 1. The highest BCUT2D eigenvalue weighted by Crippen LogP contribution is 2.28. The molecule has 0 atom stereocenters. The molecule has 1 aliphatic carbocycles. The number of amides is 1. The van der Waals surface area contributed by atoms with Gasteiger partial charge in [-0.25, -0.2) is 4.98 Å². The van der Waals surface area contributed by atoms with E-state index in [1.807, 2.05) is 13.0 Å². The Morgan fingerprint density at radius 1 is 1.22 bits per heavy atom. The van der Waals surface area contributed by atoms with Crippen molar-refractivity contribution in [1.29, 1.82) is 0 Å². The van der Waals surface area contributed by atoms with E-state index in [1.165, 1.54) is 0 Å². The van der Waals surface area contributed by atoms with Gasteiger partial charge in [-0.2, -0.15) is 0 Å². The molecular formula is C20H24N4O3. The molecule has 1 saturated heterocycles. The fourth-order valence-electron chi connectivity index (χ4n) is 3.38. The summed E-state index contributed by atoms with van der Waals surface area (Å²) in [5.41, 5.74) is 8.69. The number of nitrogens with one attached hydrogen (secondary N) is 2. The van der Waals surface area contributed by atoms with Crippen LogP contribution < -0.4 is 11.1 Å². The molecule has 4 rings (SSSR count). The molecule has 2 fully saturated rings. The Bertz CT molecular complexity index is 879. The van der Waals surface area contributed by atoms with E-state index >= 15 is 0 Å². The molecule has 1 aromatic heterocycles. The lowest BCUT2D eigenvalue weighted by molar-refractivity contribution is 0.0542. The van der Waals surface area contributed by atoms with Crippen molar-refractivity contribution in [2.24, 2.45) is 5.92 Å². The normalized spacial score (nSPS) is 17.7. The molecule has 1 saturated carbocycles. The van der Waals surface area contributed by atoms with Crippen molar-refractivity contribution in [3.63, 3.8) is 0 Å². The van der Waals surface area contributed by atoms with Gasteiger partial charge in [-0.3, -0.25) is 9.59 Å². The van der Waals surface area contributed by atoms with E-state index in [-0.39, 0.29) is 23.4 Å². The highest BCUT2D eigenvalue weighted by molar-refractivity contribution is 6.01. The van der Waals surface area contributed by atoms with Crippen LogP contribution in [0.25, 0.3) is 11.4 Å². The lowest BCUT2D eigenvalue weighted by Gasteiger charge is -2.20. The van der Waals surface area contributed by atoms with E-state index < -0.39 is 0 Å². The van der Waals surface area contributed by atoms with Crippen molar-refractivity contribution in [1.82, 2.24) is 15.3 Å². The van der Waals surface area contributed by atoms with Crippen LogP contribution in [0.3, 0.4) is 0 Å². The van der Waals surface area contributed by atoms with Crippen LogP contribution in [0.2, 0.25) is 0 Å². The van der Waals surface area contributed by atoms with Crippen molar-refractivity contribution in [3.8, 4) is 11.4 Å². The van der Waals surface area contributed by atoms with Gasteiger partial charge >= 0.3 is 0 Å². The van der Waals surface area contributed by atoms with Gasteiger partial charge in [-0.05, 0) is 50.3 Å². The summed E-state index contributed by atoms with van der Waals surface area (Å²) in [6, 6.07) is 5.78. The minimum atomic E-state index is -0.0916. The quantitative estimate of drug-likeness (QED) is 0.702. The number of benzene rings is 1. The molecule has 1 aliphatic heterocycles. The third kappa shape index (κ3) is 3.73. The van der Waals surface area contributed by atoms with Crippen molar-refractivity contribution >= 4 is 17.5 Å². The Morgan fingerprint density at radius 3 is 2.67 bits per heavy atom. The molecule has 1 amide bonds. The molecule has 1 aromatic carbocycles. The maximum atomic E-state index is 12.8. The number of H-pyrrole nitrogens is 1. The molecule has 2 aromatic rings. The SMILES string of the molecule is Cc1ccc(C(=O)NC2CC2)cc1-c1nc(N)c(C(=O)C2CCOCC2)[nH]1. The molecule has 27 heavy (non-hydrogen) atoms. The monoisotopic (exact) mass is 368 g/mol. The van der Waals surface area contributed by atoms with Crippen molar-refractivity contribution in [2.75, 3.05) is 18.9 Å². The molecule has 4 N–H and O–H groups in total. The number of Topliss-reactive ketones (excluding diaryl/α,β-unsaturated/α-hetero) is 1. The van der Waals surface area contributed by atoms with Gasteiger partial charge in [0.2, 0.25) is 0 Å². The molecule has 0 bridgehead atoms. The molecular weight excluding hydrogens is 344 g/mol. The smallest absolute Gasteiger partial charge is 0.251 e. The van der Waals surface area contributed by atoms with Gasteiger partial charge in [0.1, 0.15) is 11.5 Å². The number of nitrogens with two attached hydrogens (primary N) is 1. The number of nitrogen functional groups attached to an aromatic ring is 1. The van der Waals surface area contributed by atoms with E-state index in [4.69, 9.17) is 10.5 Å². The summed E-state index contributed by atoms with van der Waals surface area (Å²) in [4.78, 5) is 32.6. The van der Waals surface area contributed by atoms with Crippen LogP contribution in [0.1, 0.15) is 52.1 Å². The van der Waals surface area contributed by atoms with E-state index in [2.05, 4.69) is 15.3 Å². The third-order valence-corrected chi connectivity index (χ3v) is 5.24. The Morgan fingerprint density at radius 2 is 1.96 bits per heavy atom. The number of nitrogens with zero attached hydrogens (tertiary/aromatic N) is 1. The molecule has 0 unspecified atom stereocenters. The molecule has 2 heterocycles. The molecule has 142 valence electrons. The molecule has 0 spiro atoms. The minimum Gasteiger partial charge on any atom is -0.382 e. The van der Waals surface area contributed by atoms with Gasteiger partial charge in [0.25, 0.3) is 5.91 Å². The predicted molar refractivity (Wildman–Crippen MR) is 102 cm³/mol. The van der Waals surface area contributed by atoms with Crippen molar-refractivity contribution < 1.29 is 14.3 Å². The van der Waals surface area contributed by atoms with Gasteiger partial charge in [0.05, 0.1) is 0 Å². The topological polar surface area (TPSA) is 110 Å². The van der Waals surface area contributed by atoms with Crippen LogP contribution in [0.5, 0.6) is 0 Å². The highest BCUT2D eigenvalue weighted by Gasteiger charge is 2.27. The average Bonchev–Trinajstić information content (AvgIpc) is 3.41. The number of carbonyl (C=O) groups excluding carboxylic acids is 2. The fourth-order valence-corrected chi connectivity index (χ4v) is 3.38. The summed E-state index contributed by atoms with van der Waals surface area (Å²) in [6.07, 6.45) is 3.47. The van der Waals surface area contributed by atoms with Crippen LogP contribution in [0, 0.1) is 12.8 Å². The molecule has 0 radical (unpaired) electrons. The summed E-state index contributed by atoms with van der Waals surface area (Å²) in [5, 5.41) is 2.99. The standard InChI is InChI=1S/C20H24N4O3/c1-11-2-3-13(20(26)22-14-4-5-14)10-15(11)19-23-16(18(21)24-19)17(25)12-6-8-27-9-7-12/h2-3,10,12,14H,4-9,21H2,1H3,(H,22,26)(H,23,24). The van der Waals surface area contributed by atoms with Crippen molar-refractivity contribution in [3.05, 3.63) is 35.0 Å².